The van der Waals surface area contributed by atoms with E-state index in [0.717, 1.165) is 22.4 Å². The SMILES string of the molecule is C=C(C)c1ccc(NC(=O)c2cccc(C)c2)cc1. The first-order valence-electron chi connectivity index (χ1n) is 6.20. The smallest absolute Gasteiger partial charge is 0.255 e. The van der Waals surface area contributed by atoms with Gasteiger partial charge >= 0.3 is 0 Å². The van der Waals surface area contributed by atoms with Crippen LogP contribution in [0, 0.1) is 6.92 Å². The molecule has 0 atom stereocenters. The van der Waals surface area contributed by atoms with Crippen molar-refractivity contribution in [3.05, 3.63) is 71.8 Å². The molecule has 0 aromatic heterocycles. The van der Waals surface area contributed by atoms with E-state index in [-0.39, 0.29) is 5.91 Å². The largest absolute Gasteiger partial charge is 0.322 e. The van der Waals surface area contributed by atoms with Crippen LogP contribution < -0.4 is 5.32 Å². The van der Waals surface area contributed by atoms with Crippen LogP contribution in [0.15, 0.2) is 55.1 Å². The molecule has 2 aromatic rings. The molecule has 1 amide bonds. The van der Waals surface area contributed by atoms with Crippen LogP contribution in [0.25, 0.3) is 5.57 Å². The van der Waals surface area contributed by atoms with E-state index in [2.05, 4.69) is 11.9 Å². The number of nitrogens with one attached hydrogen (secondary N) is 1. The highest BCUT2D eigenvalue weighted by atomic mass is 16.1. The number of amides is 1. The third-order valence-electron chi connectivity index (χ3n) is 2.92. The molecule has 0 heterocycles. The molecular formula is C17H17NO. The Morgan fingerprint density at radius 3 is 2.32 bits per heavy atom. The first-order chi connectivity index (χ1) is 9.06. The molecule has 0 saturated carbocycles. The number of benzene rings is 2. The second-order valence-electron chi connectivity index (χ2n) is 4.68. The number of hydrogen-bond acceptors (Lipinski definition) is 1. The van der Waals surface area contributed by atoms with E-state index in [1.165, 1.54) is 0 Å². The molecule has 2 rings (SSSR count). The Morgan fingerprint density at radius 2 is 1.74 bits per heavy atom. The van der Waals surface area contributed by atoms with Gasteiger partial charge in [-0.05, 0) is 43.7 Å². The van der Waals surface area contributed by atoms with Crippen molar-refractivity contribution in [3.8, 4) is 0 Å². The van der Waals surface area contributed by atoms with Crippen LogP contribution in [-0.2, 0) is 0 Å². The molecule has 0 radical (unpaired) electrons. The summed E-state index contributed by atoms with van der Waals surface area (Å²) in [6.45, 7) is 7.82. The van der Waals surface area contributed by atoms with Gasteiger partial charge in [0.25, 0.3) is 5.91 Å². The molecule has 0 saturated heterocycles. The van der Waals surface area contributed by atoms with Crippen LogP contribution in [0.4, 0.5) is 5.69 Å². The molecular weight excluding hydrogens is 234 g/mol. The van der Waals surface area contributed by atoms with Gasteiger partial charge in [0.05, 0.1) is 0 Å². The molecule has 2 heteroatoms. The summed E-state index contributed by atoms with van der Waals surface area (Å²) in [7, 11) is 0. The normalized spacial score (nSPS) is 10.0. The van der Waals surface area contributed by atoms with Crippen molar-refractivity contribution >= 4 is 17.2 Å². The molecule has 0 aliphatic heterocycles. The Kier molecular flexibility index (Phi) is 3.81. The average Bonchev–Trinajstić information content (AvgIpc) is 2.39. The van der Waals surface area contributed by atoms with E-state index in [9.17, 15) is 4.79 Å². The molecule has 0 unspecified atom stereocenters. The summed E-state index contributed by atoms with van der Waals surface area (Å²) in [6.07, 6.45) is 0. The maximum Gasteiger partial charge on any atom is 0.255 e. The molecule has 0 fully saturated rings. The van der Waals surface area contributed by atoms with Gasteiger partial charge in [0.2, 0.25) is 0 Å². The third kappa shape index (κ3) is 3.32. The lowest BCUT2D eigenvalue weighted by Gasteiger charge is -2.07. The quantitative estimate of drug-likeness (QED) is 0.866. The van der Waals surface area contributed by atoms with E-state index in [1.54, 1.807) is 0 Å². The lowest BCUT2D eigenvalue weighted by Crippen LogP contribution is -2.11. The number of carbonyl (C=O) groups excluding carboxylic acids is 1. The summed E-state index contributed by atoms with van der Waals surface area (Å²) >= 11 is 0. The molecule has 0 bridgehead atoms. The zero-order valence-corrected chi connectivity index (χ0v) is 11.2. The lowest BCUT2D eigenvalue weighted by molar-refractivity contribution is 0.102. The van der Waals surface area contributed by atoms with E-state index in [1.807, 2.05) is 62.4 Å². The van der Waals surface area contributed by atoms with Crippen LogP contribution in [-0.4, -0.2) is 5.91 Å². The first kappa shape index (κ1) is 13.1. The molecule has 0 aliphatic carbocycles. The number of allylic oxidation sites excluding steroid dienone is 1. The van der Waals surface area contributed by atoms with Crippen molar-refractivity contribution in [2.75, 3.05) is 5.32 Å². The summed E-state index contributed by atoms with van der Waals surface area (Å²) in [5, 5.41) is 2.88. The summed E-state index contributed by atoms with van der Waals surface area (Å²) in [5.74, 6) is -0.0909. The molecule has 1 N–H and O–H groups in total. The number of aryl methyl sites for hydroxylation is 1. The second-order valence-corrected chi connectivity index (χ2v) is 4.68. The fraction of sp³-hybridized carbons (Fsp3) is 0.118. The predicted octanol–water partition coefficient (Wildman–Crippen LogP) is 4.28. The standard InChI is InChI=1S/C17H17NO/c1-12(2)14-7-9-16(10-8-14)18-17(19)15-6-4-5-13(3)11-15/h4-11H,1H2,2-3H3,(H,18,19). The number of carbonyl (C=O) groups is 1. The predicted molar refractivity (Wildman–Crippen MR) is 80.3 cm³/mol. The Morgan fingerprint density at radius 1 is 1.05 bits per heavy atom. The zero-order valence-electron chi connectivity index (χ0n) is 11.2. The average molecular weight is 251 g/mol. The molecule has 19 heavy (non-hydrogen) atoms. The minimum absolute atomic E-state index is 0.0909. The third-order valence-corrected chi connectivity index (χ3v) is 2.92. The summed E-state index contributed by atoms with van der Waals surface area (Å²) in [4.78, 5) is 12.1. The van der Waals surface area contributed by atoms with Crippen LogP contribution >= 0.6 is 0 Å². The van der Waals surface area contributed by atoms with Crippen molar-refractivity contribution in [2.24, 2.45) is 0 Å². The molecule has 2 aromatic carbocycles. The lowest BCUT2D eigenvalue weighted by atomic mass is 10.1. The summed E-state index contributed by atoms with van der Waals surface area (Å²) in [5.41, 5.74) is 4.62. The molecule has 0 aliphatic rings. The zero-order chi connectivity index (χ0) is 13.8. The Bertz CT molecular complexity index is 611. The van der Waals surface area contributed by atoms with Gasteiger partial charge in [-0.1, -0.05) is 42.0 Å². The fourth-order valence-corrected chi connectivity index (χ4v) is 1.83. The molecule has 0 spiro atoms. The van der Waals surface area contributed by atoms with Gasteiger partial charge in [-0.3, -0.25) is 4.79 Å². The summed E-state index contributed by atoms with van der Waals surface area (Å²) in [6, 6.07) is 15.2. The van der Waals surface area contributed by atoms with Crippen LogP contribution in [0.5, 0.6) is 0 Å². The fourth-order valence-electron chi connectivity index (χ4n) is 1.83. The van der Waals surface area contributed by atoms with Crippen LogP contribution in [0.2, 0.25) is 0 Å². The number of rotatable bonds is 3. The van der Waals surface area contributed by atoms with E-state index < -0.39 is 0 Å². The Hall–Kier alpha value is -2.35. The Labute approximate surface area is 113 Å². The van der Waals surface area contributed by atoms with E-state index >= 15 is 0 Å². The van der Waals surface area contributed by atoms with Gasteiger partial charge in [0, 0.05) is 11.3 Å². The van der Waals surface area contributed by atoms with Crippen LogP contribution in [0.1, 0.15) is 28.4 Å². The van der Waals surface area contributed by atoms with Gasteiger partial charge in [-0.25, -0.2) is 0 Å². The molecule has 2 nitrogen and oxygen atoms in total. The number of anilines is 1. The highest BCUT2D eigenvalue weighted by molar-refractivity contribution is 6.04. The second kappa shape index (κ2) is 5.53. The highest BCUT2D eigenvalue weighted by Crippen LogP contribution is 2.16. The highest BCUT2D eigenvalue weighted by Gasteiger charge is 2.05. The van der Waals surface area contributed by atoms with Crippen molar-refractivity contribution in [1.82, 2.24) is 0 Å². The minimum Gasteiger partial charge on any atom is -0.322 e. The van der Waals surface area contributed by atoms with E-state index in [0.29, 0.717) is 5.56 Å². The van der Waals surface area contributed by atoms with Gasteiger partial charge in [0.15, 0.2) is 0 Å². The van der Waals surface area contributed by atoms with Gasteiger partial charge in [-0.15, -0.1) is 0 Å². The maximum absolute atomic E-state index is 12.1. The van der Waals surface area contributed by atoms with Crippen LogP contribution in [0.3, 0.4) is 0 Å². The van der Waals surface area contributed by atoms with Crippen molar-refractivity contribution < 1.29 is 4.79 Å². The monoisotopic (exact) mass is 251 g/mol. The van der Waals surface area contributed by atoms with Crippen molar-refractivity contribution in [3.63, 3.8) is 0 Å². The van der Waals surface area contributed by atoms with Crippen molar-refractivity contribution in [2.45, 2.75) is 13.8 Å². The van der Waals surface area contributed by atoms with Crippen molar-refractivity contribution in [1.29, 1.82) is 0 Å². The molecule has 96 valence electrons. The van der Waals surface area contributed by atoms with Gasteiger partial charge in [-0.2, -0.15) is 0 Å². The first-order valence-corrected chi connectivity index (χ1v) is 6.20. The van der Waals surface area contributed by atoms with E-state index in [4.69, 9.17) is 0 Å². The topological polar surface area (TPSA) is 29.1 Å². The number of hydrogen-bond donors (Lipinski definition) is 1. The summed E-state index contributed by atoms with van der Waals surface area (Å²) < 4.78 is 0. The maximum atomic E-state index is 12.1. The minimum atomic E-state index is -0.0909. The van der Waals surface area contributed by atoms with Gasteiger partial charge < -0.3 is 5.32 Å². The van der Waals surface area contributed by atoms with Gasteiger partial charge in [0.1, 0.15) is 0 Å². The Balaban J connectivity index is 2.13.